The molecule has 0 saturated carbocycles. The van der Waals surface area contributed by atoms with Gasteiger partial charge in [-0.05, 0) is 69.2 Å². The molecule has 0 spiro atoms. The molecule has 0 aliphatic heterocycles. The van der Waals surface area contributed by atoms with E-state index in [2.05, 4.69) is 0 Å². The monoisotopic (exact) mass is 391 g/mol. The number of nitrogens with zero attached hydrogens (tertiary/aromatic N) is 1. The highest BCUT2D eigenvalue weighted by Gasteiger charge is 2.29. The molecule has 0 amide bonds. The number of benzene rings is 2. The third kappa shape index (κ3) is 5.01. The first-order valence-electron chi connectivity index (χ1n) is 8.78. The van der Waals surface area contributed by atoms with Gasteiger partial charge in [0.2, 0.25) is 0 Å². The van der Waals surface area contributed by atoms with Crippen molar-refractivity contribution in [2.45, 2.75) is 32.6 Å². The molecule has 0 heterocycles. The zero-order valence-electron chi connectivity index (χ0n) is 16.1. The maximum absolute atomic E-state index is 13.3. The number of anilines is 1. The number of aryl methyl sites for hydroxylation is 2. The maximum Gasteiger partial charge on any atom is 0.326 e. The van der Waals surface area contributed by atoms with Crippen LogP contribution < -0.4 is 9.04 Å². The van der Waals surface area contributed by atoms with Crippen LogP contribution in [0.2, 0.25) is 0 Å². The Hall–Kier alpha value is -2.54. The molecule has 0 unspecified atom stereocenters. The van der Waals surface area contributed by atoms with E-state index in [1.54, 1.807) is 32.0 Å². The summed E-state index contributed by atoms with van der Waals surface area (Å²) in [5.74, 6) is -0.0203. The highest BCUT2D eigenvalue weighted by atomic mass is 32.2. The highest BCUT2D eigenvalue weighted by molar-refractivity contribution is 7.92. The molecular weight excluding hydrogens is 366 g/mol. The zero-order chi connectivity index (χ0) is 20.0. The Morgan fingerprint density at radius 2 is 1.67 bits per heavy atom. The quantitative estimate of drug-likeness (QED) is 0.645. The number of sulfonamides is 1. The summed E-state index contributed by atoms with van der Waals surface area (Å²) >= 11 is 0. The molecule has 0 aliphatic rings. The molecule has 7 heteroatoms. The summed E-state index contributed by atoms with van der Waals surface area (Å²) in [6.45, 7) is 7.49. The number of carbonyl (C=O) groups excluding carboxylic acids is 1. The highest BCUT2D eigenvalue weighted by Crippen LogP contribution is 2.28. The number of hydrogen-bond acceptors (Lipinski definition) is 5. The van der Waals surface area contributed by atoms with Crippen molar-refractivity contribution in [2.75, 3.05) is 24.1 Å². The predicted molar refractivity (Wildman–Crippen MR) is 105 cm³/mol. The van der Waals surface area contributed by atoms with Gasteiger partial charge in [-0.1, -0.05) is 12.1 Å². The molecule has 0 atom stereocenters. The Kier molecular flexibility index (Phi) is 6.85. The fraction of sp³-hybridized carbons (Fsp3) is 0.350. The zero-order valence-corrected chi connectivity index (χ0v) is 16.9. The van der Waals surface area contributed by atoms with Gasteiger partial charge in [-0.15, -0.1) is 0 Å². The number of hydrogen-bond donors (Lipinski definition) is 0. The first-order chi connectivity index (χ1) is 12.8. The van der Waals surface area contributed by atoms with E-state index in [1.807, 2.05) is 26.0 Å². The Morgan fingerprint density at radius 3 is 2.26 bits per heavy atom. The molecule has 2 aromatic carbocycles. The average Bonchev–Trinajstić information content (AvgIpc) is 2.63. The molecule has 27 heavy (non-hydrogen) atoms. The van der Waals surface area contributed by atoms with Crippen LogP contribution in [0.3, 0.4) is 0 Å². The predicted octanol–water partition coefficient (Wildman–Crippen LogP) is 3.46. The van der Waals surface area contributed by atoms with Gasteiger partial charge in [-0.2, -0.15) is 0 Å². The maximum atomic E-state index is 13.3. The molecule has 2 aromatic rings. The fourth-order valence-corrected chi connectivity index (χ4v) is 4.08. The van der Waals surface area contributed by atoms with Gasteiger partial charge in [0.1, 0.15) is 12.3 Å². The summed E-state index contributed by atoms with van der Waals surface area (Å²) in [4.78, 5) is 12.2. The molecule has 0 bridgehead atoms. The minimum Gasteiger partial charge on any atom is -0.494 e. The van der Waals surface area contributed by atoms with Crippen molar-refractivity contribution in [3.05, 3.63) is 53.6 Å². The molecule has 0 aliphatic carbocycles. The van der Waals surface area contributed by atoms with Gasteiger partial charge >= 0.3 is 5.97 Å². The Labute approximate surface area is 160 Å². The number of carbonyl (C=O) groups is 1. The van der Waals surface area contributed by atoms with Gasteiger partial charge in [0.15, 0.2) is 0 Å². The number of ether oxygens (including phenoxy) is 2. The van der Waals surface area contributed by atoms with Crippen molar-refractivity contribution in [3.63, 3.8) is 0 Å². The smallest absolute Gasteiger partial charge is 0.326 e. The van der Waals surface area contributed by atoms with E-state index in [-0.39, 0.29) is 11.5 Å². The van der Waals surface area contributed by atoms with Crippen molar-refractivity contribution in [1.82, 2.24) is 0 Å². The Bertz CT molecular complexity index is 891. The molecular formula is C20H25NO5S. The van der Waals surface area contributed by atoms with Crippen LogP contribution in [-0.2, 0) is 19.6 Å². The van der Waals surface area contributed by atoms with E-state index in [1.165, 1.54) is 12.1 Å². The largest absolute Gasteiger partial charge is 0.494 e. The van der Waals surface area contributed by atoms with Gasteiger partial charge in [-0.25, -0.2) is 8.42 Å². The first kappa shape index (κ1) is 20.8. The van der Waals surface area contributed by atoms with Crippen LogP contribution in [0.15, 0.2) is 47.4 Å². The Balaban J connectivity index is 2.50. The summed E-state index contributed by atoms with van der Waals surface area (Å²) in [6, 6.07) is 11.6. The van der Waals surface area contributed by atoms with E-state index < -0.39 is 22.5 Å². The number of esters is 1. The minimum absolute atomic E-state index is 0.0798. The second-order valence-corrected chi connectivity index (χ2v) is 7.87. The second-order valence-electron chi connectivity index (χ2n) is 6.01. The standard InChI is InChI=1S/C20H25NO5S/c1-5-25-17-9-11-18(12-10-17)27(23,24)21(14-20(22)26-6-2)19-13-15(3)7-8-16(19)4/h7-13H,5-6,14H2,1-4H3. The van der Waals surface area contributed by atoms with E-state index in [4.69, 9.17) is 9.47 Å². The number of rotatable bonds is 8. The van der Waals surface area contributed by atoms with Gasteiger partial charge in [0.05, 0.1) is 23.8 Å². The average molecular weight is 391 g/mol. The normalized spacial score (nSPS) is 11.1. The lowest BCUT2D eigenvalue weighted by Gasteiger charge is -2.25. The Morgan fingerprint density at radius 1 is 1.00 bits per heavy atom. The lowest BCUT2D eigenvalue weighted by molar-refractivity contribution is -0.141. The first-order valence-corrected chi connectivity index (χ1v) is 10.2. The summed E-state index contributed by atoms with van der Waals surface area (Å²) in [5, 5.41) is 0. The van der Waals surface area contributed by atoms with E-state index >= 15 is 0 Å². The molecule has 2 rings (SSSR count). The lowest BCUT2D eigenvalue weighted by atomic mass is 10.1. The SMILES string of the molecule is CCOC(=O)CN(c1cc(C)ccc1C)S(=O)(=O)c1ccc(OCC)cc1. The van der Waals surface area contributed by atoms with Crippen LogP contribution >= 0.6 is 0 Å². The second kappa shape index (κ2) is 8.90. The fourth-order valence-electron chi connectivity index (χ4n) is 2.61. The molecule has 6 nitrogen and oxygen atoms in total. The van der Waals surface area contributed by atoms with Crippen molar-refractivity contribution < 1.29 is 22.7 Å². The third-order valence-corrected chi connectivity index (χ3v) is 5.71. The van der Waals surface area contributed by atoms with Crippen LogP contribution in [0.1, 0.15) is 25.0 Å². The summed E-state index contributed by atoms with van der Waals surface area (Å²) in [5.41, 5.74) is 2.10. The summed E-state index contributed by atoms with van der Waals surface area (Å²) in [7, 11) is -3.96. The molecule has 0 saturated heterocycles. The van der Waals surface area contributed by atoms with Crippen molar-refractivity contribution in [3.8, 4) is 5.75 Å². The molecule has 0 aromatic heterocycles. The van der Waals surface area contributed by atoms with Crippen molar-refractivity contribution in [2.24, 2.45) is 0 Å². The lowest BCUT2D eigenvalue weighted by Crippen LogP contribution is -2.37. The van der Waals surface area contributed by atoms with Crippen LogP contribution in [-0.4, -0.2) is 34.1 Å². The van der Waals surface area contributed by atoms with E-state index in [0.29, 0.717) is 18.0 Å². The van der Waals surface area contributed by atoms with Crippen molar-refractivity contribution in [1.29, 1.82) is 0 Å². The van der Waals surface area contributed by atoms with Crippen LogP contribution in [0.4, 0.5) is 5.69 Å². The topological polar surface area (TPSA) is 72.9 Å². The summed E-state index contributed by atoms with van der Waals surface area (Å²) < 4.78 is 38.0. The van der Waals surface area contributed by atoms with Gasteiger partial charge in [-0.3, -0.25) is 9.10 Å². The van der Waals surface area contributed by atoms with Crippen LogP contribution in [0.25, 0.3) is 0 Å². The molecule has 0 fully saturated rings. The molecule has 0 radical (unpaired) electrons. The minimum atomic E-state index is -3.96. The molecule has 0 N–H and O–H groups in total. The van der Waals surface area contributed by atoms with Gasteiger partial charge < -0.3 is 9.47 Å². The van der Waals surface area contributed by atoms with E-state index in [9.17, 15) is 13.2 Å². The van der Waals surface area contributed by atoms with Gasteiger partial charge in [0.25, 0.3) is 10.0 Å². The third-order valence-electron chi connectivity index (χ3n) is 3.93. The molecule has 146 valence electrons. The summed E-state index contributed by atoms with van der Waals surface area (Å²) in [6.07, 6.45) is 0. The van der Waals surface area contributed by atoms with Crippen molar-refractivity contribution >= 4 is 21.7 Å². The van der Waals surface area contributed by atoms with Crippen LogP contribution in [0, 0.1) is 13.8 Å². The van der Waals surface area contributed by atoms with Crippen LogP contribution in [0.5, 0.6) is 5.75 Å². The van der Waals surface area contributed by atoms with E-state index in [0.717, 1.165) is 15.4 Å². The van der Waals surface area contributed by atoms with Gasteiger partial charge in [0, 0.05) is 0 Å².